The summed E-state index contributed by atoms with van der Waals surface area (Å²) < 4.78 is 14.8. The molecule has 1 heterocycles. The van der Waals surface area contributed by atoms with Crippen LogP contribution in [0.4, 0.5) is 10.3 Å². The van der Waals surface area contributed by atoms with Crippen LogP contribution in [0.5, 0.6) is 0 Å². The quantitative estimate of drug-likeness (QED) is 0.884. The third-order valence-electron chi connectivity index (χ3n) is 2.50. The van der Waals surface area contributed by atoms with Crippen LogP contribution in [0.3, 0.4) is 0 Å². The SMILES string of the molecule is CCNc1nnc(-c2ccc(F)cc2)n1CC. The van der Waals surface area contributed by atoms with E-state index in [2.05, 4.69) is 15.5 Å². The van der Waals surface area contributed by atoms with Gasteiger partial charge < -0.3 is 5.32 Å². The molecule has 0 aliphatic rings. The largest absolute Gasteiger partial charge is 0.355 e. The molecule has 0 fully saturated rings. The molecule has 5 heteroatoms. The monoisotopic (exact) mass is 234 g/mol. The number of halogens is 1. The van der Waals surface area contributed by atoms with E-state index in [1.807, 2.05) is 18.4 Å². The van der Waals surface area contributed by atoms with Crippen molar-refractivity contribution in [3.8, 4) is 11.4 Å². The molecular formula is C12H15FN4. The minimum Gasteiger partial charge on any atom is -0.355 e. The summed E-state index contributed by atoms with van der Waals surface area (Å²) in [5, 5.41) is 11.4. The zero-order valence-electron chi connectivity index (χ0n) is 9.94. The Bertz CT molecular complexity index is 490. The lowest BCUT2D eigenvalue weighted by Gasteiger charge is -2.07. The van der Waals surface area contributed by atoms with Gasteiger partial charge in [-0.25, -0.2) is 4.39 Å². The lowest BCUT2D eigenvalue weighted by molar-refractivity contribution is 0.628. The van der Waals surface area contributed by atoms with Crippen LogP contribution in [-0.4, -0.2) is 21.3 Å². The average Bonchev–Trinajstić information content (AvgIpc) is 2.73. The number of nitrogens with one attached hydrogen (secondary N) is 1. The Labute approximate surface area is 99.5 Å². The summed E-state index contributed by atoms with van der Waals surface area (Å²) in [6.07, 6.45) is 0. The first-order chi connectivity index (χ1) is 8.26. The number of anilines is 1. The highest BCUT2D eigenvalue weighted by molar-refractivity contribution is 5.57. The highest BCUT2D eigenvalue weighted by Gasteiger charge is 2.11. The molecule has 0 bridgehead atoms. The number of hydrogen-bond acceptors (Lipinski definition) is 3. The van der Waals surface area contributed by atoms with Crippen molar-refractivity contribution in [1.82, 2.24) is 14.8 Å². The second kappa shape index (κ2) is 4.95. The fraction of sp³-hybridized carbons (Fsp3) is 0.333. The standard InChI is InChI=1S/C12H15FN4/c1-3-14-12-16-15-11(17(12)4-2)9-5-7-10(13)8-6-9/h5-8H,3-4H2,1-2H3,(H,14,16). The molecule has 0 atom stereocenters. The summed E-state index contributed by atoms with van der Waals surface area (Å²) in [6.45, 7) is 5.59. The van der Waals surface area contributed by atoms with Gasteiger partial charge in [0, 0.05) is 18.7 Å². The summed E-state index contributed by atoms with van der Waals surface area (Å²) in [6, 6.07) is 6.27. The van der Waals surface area contributed by atoms with E-state index in [-0.39, 0.29) is 5.82 Å². The number of aromatic nitrogens is 3. The third kappa shape index (κ3) is 2.27. The molecule has 0 saturated carbocycles. The summed E-state index contributed by atoms with van der Waals surface area (Å²) in [5.41, 5.74) is 0.866. The van der Waals surface area contributed by atoms with Gasteiger partial charge in [-0.15, -0.1) is 10.2 Å². The Hall–Kier alpha value is -1.91. The van der Waals surface area contributed by atoms with Gasteiger partial charge in [0.05, 0.1) is 0 Å². The van der Waals surface area contributed by atoms with Crippen molar-refractivity contribution in [1.29, 1.82) is 0 Å². The lowest BCUT2D eigenvalue weighted by atomic mass is 10.2. The number of rotatable bonds is 4. The van der Waals surface area contributed by atoms with Crippen molar-refractivity contribution in [2.45, 2.75) is 20.4 Å². The molecule has 2 aromatic rings. The van der Waals surface area contributed by atoms with Crippen LogP contribution in [0.15, 0.2) is 24.3 Å². The lowest BCUT2D eigenvalue weighted by Crippen LogP contribution is -2.06. The van der Waals surface area contributed by atoms with E-state index in [9.17, 15) is 4.39 Å². The molecule has 0 unspecified atom stereocenters. The minimum absolute atomic E-state index is 0.247. The Morgan fingerprint density at radius 3 is 2.47 bits per heavy atom. The fourth-order valence-corrected chi connectivity index (χ4v) is 1.70. The van der Waals surface area contributed by atoms with E-state index in [4.69, 9.17) is 0 Å². The molecule has 0 aliphatic carbocycles. The zero-order chi connectivity index (χ0) is 12.3. The number of benzene rings is 1. The van der Waals surface area contributed by atoms with Crippen molar-refractivity contribution in [2.24, 2.45) is 0 Å². The van der Waals surface area contributed by atoms with Gasteiger partial charge >= 0.3 is 0 Å². The van der Waals surface area contributed by atoms with Gasteiger partial charge in [-0.3, -0.25) is 4.57 Å². The van der Waals surface area contributed by atoms with Gasteiger partial charge in [0.25, 0.3) is 0 Å². The van der Waals surface area contributed by atoms with E-state index in [1.165, 1.54) is 12.1 Å². The van der Waals surface area contributed by atoms with Crippen LogP contribution >= 0.6 is 0 Å². The van der Waals surface area contributed by atoms with Crippen LogP contribution in [0.1, 0.15) is 13.8 Å². The molecule has 4 nitrogen and oxygen atoms in total. The van der Waals surface area contributed by atoms with Crippen molar-refractivity contribution in [2.75, 3.05) is 11.9 Å². The molecule has 0 radical (unpaired) electrons. The molecule has 1 N–H and O–H groups in total. The van der Waals surface area contributed by atoms with Crippen molar-refractivity contribution >= 4 is 5.95 Å². The molecule has 2 rings (SSSR count). The van der Waals surface area contributed by atoms with Crippen LogP contribution in [-0.2, 0) is 6.54 Å². The average molecular weight is 234 g/mol. The van der Waals surface area contributed by atoms with Crippen molar-refractivity contribution in [3.63, 3.8) is 0 Å². The Morgan fingerprint density at radius 2 is 1.88 bits per heavy atom. The van der Waals surface area contributed by atoms with E-state index in [0.717, 1.165) is 30.4 Å². The summed E-state index contributed by atoms with van der Waals surface area (Å²) in [4.78, 5) is 0. The first-order valence-electron chi connectivity index (χ1n) is 5.69. The molecule has 1 aromatic heterocycles. The van der Waals surface area contributed by atoms with Gasteiger partial charge in [-0.05, 0) is 38.1 Å². The van der Waals surface area contributed by atoms with Crippen molar-refractivity contribution in [3.05, 3.63) is 30.1 Å². The van der Waals surface area contributed by atoms with E-state index in [1.54, 1.807) is 12.1 Å². The van der Waals surface area contributed by atoms with Gasteiger partial charge in [-0.1, -0.05) is 0 Å². The highest BCUT2D eigenvalue weighted by atomic mass is 19.1. The number of nitrogens with zero attached hydrogens (tertiary/aromatic N) is 3. The van der Waals surface area contributed by atoms with E-state index < -0.39 is 0 Å². The molecule has 17 heavy (non-hydrogen) atoms. The zero-order valence-corrected chi connectivity index (χ0v) is 9.94. The maximum absolute atomic E-state index is 12.9. The van der Waals surface area contributed by atoms with Crippen LogP contribution < -0.4 is 5.32 Å². The molecular weight excluding hydrogens is 219 g/mol. The molecule has 0 aliphatic heterocycles. The van der Waals surface area contributed by atoms with E-state index >= 15 is 0 Å². The number of hydrogen-bond donors (Lipinski definition) is 1. The maximum Gasteiger partial charge on any atom is 0.224 e. The first-order valence-corrected chi connectivity index (χ1v) is 5.69. The molecule has 1 aromatic carbocycles. The third-order valence-corrected chi connectivity index (χ3v) is 2.50. The van der Waals surface area contributed by atoms with Gasteiger partial charge in [-0.2, -0.15) is 0 Å². The Balaban J connectivity index is 2.41. The van der Waals surface area contributed by atoms with Crippen LogP contribution in [0.2, 0.25) is 0 Å². The van der Waals surface area contributed by atoms with Gasteiger partial charge in [0.1, 0.15) is 5.82 Å². The molecule has 0 amide bonds. The summed E-state index contributed by atoms with van der Waals surface area (Å²) in [7, 11) is 0. The summed E-state index contributed by atoms with van der Waals surface area (Å²) in [5.74, 6) is 1.25. The molecule has 90 valence electrons. The molecule has 0 saturated heterocycles. The maximum atomic E-state index is 12.9. The Morgan fingerprint density at radius 1 is 1.18 bits per heavy atom. The van der Waals surface area contributed by atoms with Crippen molar-refractivity contribution < 1.29 is 4.39 Å². The topological polar surface area (TPSA) is 42.7 Å². The molecule has 0 spiro atoms. The highest BCUT2D eigenvalue weighted by Crippen LogP contribution is 2.20. The minimum atomic E-state index is -0.247. The van der Waals surface area contributed by atoms with E-state index in [0.29, 0.717) is 0 Å². The smallest absolute Gasteiger partial charge is 0.224 e. The predicted octanol–water partition coefficient (Wildman–Crippen LogP) is 2.54. The second-order valence-electron chi connectivity index (χ2n) is 3.63. The second-order valence-corrected chi connectivity index (χ2v) is 3.63. The van der Waals surface area contributed by atoms with Crippen LogP contribution in [0, 0.1) is 5.82 Å². The first kappa shape index (κ1) is 11.6. The predicted molar refractivity (Wildman–Crippen MR) is 65.3 cm³/mol. The summed E-state index contributed by atoms with van der Waals surface area (Å²) >= 11 is 0. The normalized spacial score (nSPS) is 10.5. The fourth-order valence-electron chi connectivity index (χ4n) is 1.70. The Kier molecular flexibility index (Phi) is 3.37. The van der Waals surface area contributed by atoms with Crippen LogP contribution in [0.25, 0.3) is 11.4 Å². The van der Waals surface area contributed by atoms with Gasteiger partial charge in [0.15, 0.2) is 5.82 Å². The van der Waals surface area contributed by atoms with Gasteiger partial charge in [0.2, 0.25) is 5.95 Å².